The summed E-state index contributed by atoms with van der Waals surface area (Å²) in [7, 11) is 0. The molecule has 2 N–H and O–H groups in total. The molecule has 5 nitrogen and oxygen atoms in total. The van der Waals surface area contributed by atoms with Crippen LogP contribution in [0.2, 0.25) is 0 Å². The minimum atomic E-state index is -1.00. The van der Waals surface area contributed by atoms with Gasteiger partial charge in [0.15, 0.2) is 0 Å². The Kier molecular flexibility index (Phi) is 8.48. The van der Waals surface area contributed by atoms with Gasteiger partial charge in [0, 0.05) is 12.0 Å². The highest BCUT2D eigenvalue weighted by Gasteiger charge is 2.42. The van der Waals surface area contributed by atoms with Gasteiger partial charge in [0.1, 0.15) is 6.10 Å². The van der Waals surface area contributed by atoms with Crippen LogP contribution in [0.4, 0.5) is 0 Å². The van der Waals surface area contributed by atoms with Gasteiger partial charge in [-0.3, -0.25) is 4.79 Å². The van der Waals surface area contributed by atoms with Crippen molar-refractivity contribution in [1.82, 2.24) is 0 Å². The van der Waals surface area contributed by atoms with Crippen molar-refractivity contribution < 1.29 is 24.5 Å². The van der Waals surface area contributed by atoms with Crippen molar-refractivity contribution in [3.63, 3.8) is 0 Å². The predicted octanol–water partition coefficient (Wildman–Crippen LogP) is 4.91. The average Bonchev–Trinajstić information content (AvgIpc) is 2.66. The Morgan fingerprint density at radius 2 is 2.03 bits per heavy atom. The molecule has 2 aliphatic rings. The topological polar surface area (TPSA) is 83.8 Å². The Labute approximate surface area is 180 Å². The van der Waals surface area contributed by atoms with Crippen LogP contribution >= 0.6 is 0 Å². The summed E-state index contributed by atoms with van der Waals surface area (Å²) in [5.74, 6) is -0.0526. The Hall–Kier alpha value is -1.88. The minimum absolute atomic E-state index is 0.136. The maximum atomic E-state index is 12.8. The molecule has 30 heavy (non-hydrogen) atoms. The van der Waals surface area contributed by atoms with Gasteiger partial charge in [0.25, 0.3) is 0 Å². The van der Waals surface area contributed by atoms with Crippen LogP contribution in [-0.4, -0.2) is 34.4 Å². The lowest BCUT2D eigenvalue weighted by atomic mass is 9.65. The van der Waals surface area contributed by atoms with Crippen molar-refractivity contribution >= 4 is 11.9 Å². The first kappa shape index (κ1) is 24.4. The summed E-state index contributed by atoms with van der Waals surface area (Å²) in [4.78, 5) is 23.4. The summed E-state index contributed by atoms with van der Waals surface area (Å²) in [5.41, 5.74) is 0.743. The van der Waals surface area contributed by atoms with E-state index in [1.165, 1.54) is 11.6 Å². The van der Waals surface area contributed by atoms with Gasteiger partial charge < -0.3 is 14.9 Å². The zero-order valence-corrected chi connectivity index (χ0v) is 19.0. The van der Waals surface area contributed by atoms with Crippen LogP contribution in [0, 0.1) is 29.1 Å². The number of aliphatic hydroxyl groups excluding tert-OH is 1. The quantitative estimate of drug-likeness (QED) is 0.410. The van der Waals surface area contributed by atoms with Crippen LogP contribution in [0.3, 0.4) is 0 Å². The van der Waals surface area contributed by atoms with Crippen molar-refractivity contribution in [3.8, 4) is 0 Å². The van der Waals surface area contributed by atoms with E-state index in [9.17, 15) is 14.7 Å². The molecule has 0 radical (unpaired) electrons. The van der Waals surface area contributed by atoms with E-state index in [2.05, 4.69) is 32.1 Å². The summed E-state index contributed by atoms with van der Waals surface area (Å²) in [5, 5.41) is 19.0. The van der Waals surface area contributed by atoms with Gasteiger partial charge in [-0.2, -0.15) is 0 Å². The van der Waals surface area contributed by atoms with E-state index in [4.69, 9.17) is 9.84 Å². The molecule has 0 unspecified atom stereocenters. The second kappa shape index (κ2) is 10.4. The van der Waals surface area contributed by atoms with Crippen molar-refractivity contribution in [3.05, 3.63) is 36.0 Å². The van der Waals surface area contributed by atoms with Crippen molar-refractivity contribution in [1.29, 1.82) is 0 Å². The monoisotopic (exact) mass is 418 g/mol. The molecule has 0 bridgehead atoms. The molecular formula is C25H38O5. The first-order valence-corrected chi connectivity index (χ1v) is 11.2. The first-order valence-electron chi connectivity index (χ1n) is 11.2. The fraction of sp³-hybridized carbons (Fsp3) is 0.680. The normalized spacial score (nSPS) is 29.9. The molecule has 6 atom stereocenters. The predicted molar refractivity (Wildman–Crippen MR) is 118 cm³/mol. The van der Waals surface area contributed by atoms with Crippen molar-refractivity contribution in [2.75, 3.05) is 0 Å². The number of hydrogen-bond acceptors (Lipinski definition) is 4. The van der Waals surface area contributed by atoms with Gasteiger partial charge in [0.05, 0.1) is 11.5 Å². The molecule has 0 saturated heterocycles. The molecule has 2 aliphatic carbocycles. The molecule has 0 spiro atoms. The van der Waals surface area contributed by atoms with Crippen LogP contribution in [0.15, 0.2) is 36.0 Å². The summed E-state index contributed by atoms with van der Waals surface area (Å²) in [6, 6.07) is 0. The lowest BCUT2D eigenvalue weighted by molar-refractivity contribution is -0.164. The lowest BCUT2D eigenvalue weighted by Crippen LogP contribution is -2.43. The fourth-order valence-corrected chi connectivity index (χ4v) is 4.49. The van der Waals surface area contributed by atoms with E-state index in [0.717, 1.165) is 25.3 Å². The van der Waals surface area contributed by atoms with Crippen LogP contribution < -0.4 is 0 Å². The number of allylic oxidation sites excluding steroid dienone is 3. The highest BCUT2D eigenvalue weighted by molar-refractivity contribution is 5.79. The summed E-state index contributed by atoms with van der Waals surface area (Å²) < 4.78 is 6.11. The molecule has 0 fully saturated rings. The van der Waals surface area contributed by atoms with Gasteiger partial charge in [0.2, 0.25) is 0 Å². The van der Waals surface area contributed by atoms with E-state index in [-0.39, 0.29) is 23.9 Å². The van der Waals surface area contributed by atoms with Gasteiger partial charge in [-0.15, -0.1) is 0 Å². The molecule has 0 aromatic rings. The summed E-state index contributed by atoms with van der Waals surface area (Å²) in [6.07, 6.45) is 11.8. The zero-order chi connectivity index (χ0) is 22.5. The number of carbonyl (C=O) groups excluding carboxylic acids is 1. The molecule has 0 amide bonds. The third kappa shape index (κ3) is 6.31. The van der Waals surface area contributed by atoms with Gasteiger partial charge in [-0.1, -0.05) is 45.1 Å². The Bertz CT molecular complexity index is 702. The molecule has 168 valence electrons. The number of ether oxygens (including phenoxy) is 1. The number of fused-ring (bicyclic) bond motifs is 1. The minimum Gasteiger partial charge on any atom is -0.478 e. The van der Waals surface area contributed by atoms with Gasteiger partial charge in [-0.05, 0) is 69.3 Å². The number of esters is 1. The standard InChI is InChI=1S/C25H38O5/c1-6-25(4,5)24(29)30-21-15-16(2)14-18-11-10-17(3)20(23(18)21)13-12-19(26)8-7-9-22(27)28/h7,9-11,14,16-17,19-21,23,26H,6,8,12-13,15H2,1-5H3,(H,27,28)/b9-7+/t16-,17-,19-,20-,21-,23-/m0/s1. The number of carboxylic acid groups (broad SMARTS) is 1. The largest absolute Gasteiger partial charge is 0.478 e. The zero-order valence-electron chi connectivity index (χ0n) is 19.0. The number of hydrogen-bond donors (Lipinski definition) is 2. The van der Waals surface area contributed by atoms with Crippen LogP contribution in [0.1, 0.15) is 66.7 Å². The summed E-state index contributed by atoms with van der Waals surface area (Å²) in [6.45, 7) is 10.2. The molecule has 2 rings (SSSR count). The summed E-state index contributed by atoms with van der Waals surface area (Å²) >= 11 is 0. The fourth-order valence-electron chi connectivity index (χ4n) is 4.49. The van der Waals surface area contributed by atoms with E-state index < -0.39 is 17.5 Å². The number of rotatable bonds is 9. The molecule has 5 heteroatoms. The lowest BCUT2D eigenvalue weighted by Gasteiger charge is -2.43. The van der Waals surface area contributed by atoms with E-state index in [1.807, 2.05) is 20.8 Å². The van der Waals surface area contributed by atoms with Crippen molar-refractivity contribution in [2.24, 2.45) is 29.1 Å². The third-order valence-corrected chi connectivity index (χ3v) is 6.79. The first-order chi connectivity index (χ1) is 14.0. The van der Waals surface area contributed by atoms with Gasteiger partial charge >= 0.3 is 11.9 Å². The Balaban J connectivity index is 2.14. The molecule has 0 heterocycles. The van der Waals surface area contributed by atoms with Crippen molar-refractivity contribution in [2.45, 2.75) is 78.9 Å². The number of carboxylic acids is 1. The average molecular weight is 419 g/mol. The van der Waals surface area contributed by atoms with E-state index in [1.54, 1.807) is 0 Å². The van der Waals surface area contributed by atoms with Crippen LogP contribution in [0.25, 0.3) is 0 Å². The van der Waals surface area contributed by atoms with Gasteiger partial charge in [-0.25, -0.2) is 4.79 Å². The third-order valence-electron chi connectivity index (χ3n) is 6.79. The SMILES string of the molecule is CCC(C)(C)C(=O)O[C@H]1C[C@@H](C)C=C2C=C[C@H](C)[C@H](CC[C@@H](O)C/C=C/C(=O)O)[C@H]21. The number of aliphatic hydroxyl groups is 1. The molecular weight excluding hydrogens is 380 g/mol. The Morgan fingerprint density at radius 3 is 2.67 bits per heavy atom. The Morgan fingerprint density at radius 1 is 1.33 bits per heavy atom. The molecule has 0 saturated carbocycles. The maximum absolute atomic E-state index is 12.8. The molecule has 0 aromatic heterocycles. The van der Waals surface area contributed by atoms with Crippen LogP contribution in [-0.2, 0) is 14.3 Å². The van der Waals surface area contributed by atoms with E-state index >= 15 is 0 Å². The second-order valence-corrected chi connectivity index (χ2v) is 9.68. The van der Waals surface area contributed by atoms with E-state index in [0.29, 0.717) is 24.7 Å². The maximum Gasteiger partial charge on any atom is 0.327 e. The highest BCUT2D eigenvalue weighted by atomic mass is 16.5. The number of aliphatic carboxylic acids is 1. The number of carbonyl (C=O) groups is 2. The van der Waals surface area contributed by atoms with Crippen LogP contribution in [0.5, 0.6) is 0 Å². The second-order valence-electron chi connectivity index (χ2n) is 9.68. The molecule has 0 aliphatic heterocycles. The highest BCUT2D eigenvalue weighted by Crippen LogP contribution is 2.45. The molecule has 0 aromatic carbocycles. The smallest absolute Gasteiger partial charge is 0.327 e.